The average Bonchev–Trinajstić information content (AvgIpc) is 2.53. The Morgan fingerprint density at radius 1 is 0.905 bits per heavy atom. The second-order valence-corrected chi connectivity index (χ2v) is 5.78. The molecule has 1 N–H and O–H groups in total. The van der Waals surface area contributed by atoms with Crippen LogP contribution in [0.4, 0.5) is 0 Å². The van der Waals surface area contributed by atoms with Gasteiger partial charge in [-0.05, 0) is 28.5 Å². The summed E-state index contributed by atoms with van der Waals surface area (Å²) in [6.07, 6.45) is 0. The Morgan fingerprint density at radius 3 is 2.38 bits per heavy atom. The van der Waals surface area contributed by atoms with Gasteiger partial charge in [0.1, 0.15) is 0 Å². The van der Waals surface area contributed by atoms with Gasteiger partial charge < -0.3 is 5.11 Å². The van der Waals surface area contributed by atoms with Crippen molar-refractivity contribution in [3.05, 3.63) is 77.9 Å². The van der Waals surface area contributed by atoms with E-state index in [1.165, 1.54) is 0 Å². The van der Waals surface area contributed by atoms with Gasteiger partial charge in [0, 0.05) is 10.6 Å². The molecule has 0 atom stereocenters. The molecule has 3 rings (SSSR count). The van der Waals surface area contributed by atoms with Crippen molar-refractivity contribution in [3.63, 3.8) is 0 Å². The predicted molar refractivity (Wildman–Crippen MR) is 86.9 cm³/mol. The molecule has 0 aromatic heterocycles. The van der Waals surface area contributed by atoms with Crippen LogP contribution in [0.3, 0.4) is 0 Å². The summed E-state index contributed by atoms with van der Waals surface area (Å²) in [7, 11) is 0. The maximum absolute atomic E-state index is 11.6. The van der Waals surface area contributed by atoms with Gasteiger partial charge in [-0.2, -0.15) is 0 Å². The minimum Gasteiger partial charge on any atom is -0.478 e. The van der Waals surface area contributed by atoms with Gasteiger partial charge in [0.05, 0.1) is 5.56 Å². The summed E-state index contributed by atoms with van der Waals surface area (Å²) in [6.45, 7) is 0. The summed E-state index contributed by atoms with van der Waals surface area (Å²) in [5, 5.41) is 11.3. The molecule has 0 radical (unpaired) electrons. The molecule has 0 heterocycles. The van der Waals surface area contributed by atoms with Crippen molar-refractivity contribution < 1.29 is 9.90 Å². The van der Waals surface area contributed by atoms with E-state index in [1.54, 1.807) is 11.8 Å². The zero-order valence-electron chi connectivity index (χ0n) is 11.3. The molecule has 0 aliphatic carbocycles. The molecule has 0 fully saturated rings. The third kappa shape index (κ3) is 2.93. The van der Waals surface area contributed by atoms with E-state index in [1.807, 2.05) is 66.7 Å². The number of aromatic carboxylic acids is 1. The van der Waals surface area contributed by atoms with Crippen molar-refractivity contribution in [2.45, 2.75) is 10.6 Å². The zero-order valence-corrected chi connectivity index (χ0v) is 12.1. The first-order valence-electron chi connectivity index (χ1n) is 6.67. The monoisotopic (exact) mass is 294 g/mol. The Bertz CT molecular complexity index is 782. The van der Waals surface area contributed by atoms with E-state index in [-0.39, 0.29) is 0 Å². The van der Waals surface area contributed by atoms with Gasteiger partial charge in [0.2, 0.25) is 0 Å². The first-order valence-corrected chi connectivity index (χ1v) is 7.66. The molecule has 0 spiro atoms. The maximum Gasteiger partial charge on any atom is 0.336 e. The Balaban J connectivity index is 1.98. The first kappa shape index (κ1) is 13.7. The predicted octanol–water partition coefficient (Wildman–Crippen LogP) is 4.83. The third-order valence-corrected chi connectivity index (χ3v) is 4.43. The Morgan fingerprint density at radius 2 is 1.62 bits per heavy atom. The van der Waals surface area contributed by atoms with Crippen molar-refractivity contribution in [2.24, 2.45) is 0 Å². The fourth-order valence-corrected chi connectivity index (χ4v) is 3.28. The standard InChI is InChI=1S/C18H14O2S/c19-18(20)17-14(12-21-15-7-2-1-3-8-15)11-10-13-6-4-5-9-16(13)17/h1-11H,12H2,(H,19,20). The van der Waals surface area contributed by atoms with Crippen LogP contribution in [0.25, 0.3) is 10.8 Å². The van der Waals surface area contributed by atoms with Gasteiger partial charge in [0.15, 0.2) is 0 Å². The van der Waals surface area contributed by atoms with Crippen LogP contribution in [0.2, 0.25) is 0 Å². The van der Waals surface area contributed by atoms with E-state index >= 15 is 0 Å². The van der Waals surface area contributed by atoms with Crippen LogP contribution in [0.15, 0.2) is 71.6 Å². The summed E-state index contributed by atoms with van der Waals surface area (Å²) >= 11 is 1.65. The number of benzene rings is 3. The Kier molecular flexibility index (Phi) is 3.93. The number of hydrogen-bond acceptors (Lipinski definition) is 2. The second kappa shape index (κ2) is 6.02. The number of rotatable bonds is 4. The van der Waals surface area contributed by atoms with Gasteiger partial charge in [-0.25, -0.2) is 4.79 Å². The van der Waals surface area contributed by atoms with E-state index in [0.717, 1.165) is 21.2 Å². The van der Waals surface area contributed by atoms with Crippen LogP contribution in [0.5, 0.6) is 0 Å². The van der Waals surface area contributed by atoms with Crippen LogP contribution in [-0.2, 0) is 5.75 Å². The van der Waals surface area contributed by atoms with Gasteiger partial charge in [-0.15, -0.1) is 11.8 Å². The highest BCUT2D eigenvalue weighted by Crippen LogP contribution is 2.28. The molecule has 3 aromatic carbocycles. The largest absolute Gasteiger partial charge is 0.478 e. The molecule has 0 bridgehead atoms. The summed E-state index contributed by atoms with van der Waals surface area (Å²) < 4.78 is 0. The molecule has 0 saturated carbocycles. The molecule has 0 saturated heterocycles. The van der Waals surface area contributed by atoms with Gasteiger partial charge in [-0.1, -0.05) is 54.6 Å². The second-order valence-electron chi connectivity index (χ2n) is 4.73. The van der Waals surface area contributed by atoms with Crippen LogP contribution in [0.1, 0.15) is 15.9 Å². The van der Waals surface area contributed by atoms with Gasteiger partial charge in [-0.3, -0.25) is 0 Å². The molecule has 104 valence electrons. The summed E-state index contributed by atoms with van der Waals surface area (Å²) in [5.74, 6) is -0.216. The average molecular weight is 294 g/mol. The number of fused-ring (bicyclic) bond motifs is 1. The molecule has 3 aromatic rings. The summed E-state index contributed by atoms with van der Waals surface area (Å²) in [5.41, 5.74) is 1.27. The lowest BCUT2D eigenvalue weighted by Crippen LogP contribution is -2.02. The van der Waals surface area contributed by atoms with Crippen molar-refractivity contribution in [1.82, 2.24) is 0 Å². The third-order valence-electron chi connectivity index (χ3n) is 3.37. The van der Waals surface area contributed by atoms with Crippen molar-refractivity contribution in [1.29, 1.82) is 0 Å². The summed E-state index contributed by atoms with van der Waals surface area (Å²) in [6, 6.07) is 21.5. The van der Waals surface area contributed by atoms with Crippen molar-refractivity contribution in [3.8, 4) is 0 Å². The number of thioether (sulfide) groups is 1. The molecule has 0 unspecified atom stereocenters. The molecule has 0 aliphatic heterocycles. The van der Waals surface area contributed by atoms with Gasteiger partial charge >= 0.3 is 5.97 Å². The molecule has 0 aliphatic rings. The van der Waals surface area contributed by atoms with E-state index in [0.29, 0.717) is 11.3 Å². The SMILES string of the molecule is O=C(O)c1c(CSc2ccccc2)ccc2ccccc12. The van der Waals surface area contributed by atoms with Crippen LogP contribution < -0.4 is 0 Å². The minimum absolute atomic E-state index is 0.413. The van der Waals surface area contributed by atoms with Gasteiger partial charge in [0.25, 0.3) is 0 Å². The first-order chi connectivity index (χ1) is 10.3. The quantitative estimate of drug-likeness (QED) is 0.700. The lowest BCUT2D eigenvalue weighted by Gasteiger charge is -2.09. The highest BCUT2D eigenvalue weighted by Gasteiger charge is 2.14. The molecular formula is C18H14O2S. The molecule has 3 heteroatoms. The highest BCUT2D eigenvalue weighted by molar-refractivity contribution is 7.98. The lowest BCUT2D eigenvalue weighted by molar-refractivity contribution is 0.0698. The normalized spacial score (nSPS) is 10.7. The number of carbonyl (C=O) groups is 1. The Hall–Kier alpha value is -2.26. The zero-order chi connectivity index (χ0) is 14.7. The molecular weight excluding hydrogens is 280 g/mol. The van der Waals surface area contributed by atoms with E-state index < -0.39 is 5.97 Å². The number of carboxylic acid groups (broad SMARTS) is 1. The number of hydrogen-bond donors (Lipinski definition) is 1. The fourth-order valence-electron chi connectivity index (χ4n) is 2.37. The molecule has 0 amide bonds. The van der Waals surface area contributed by atoms with E-state index in [4.69, 9.17) is 0 Å². The van der Waals surface area contributed by atoms with Crippen LogP contribution in [0, 0.1) is 0 Å². The van der Waals surface area contributed by atoms with E-state index in [9.17, 15) is 9.90 Å². The lowest BCUT2D eigenvalue weighted by atomic mass is 10.00. The summed E-state index contributed by atoms with van der Waals surface area (Å²) in [4.78, 5) is 12.8. The van der Waals surface area contributed by atoms with E-state index in [2.05, 4.69) is 0 Å². The van der Waals surface area contributed by atoms with Crippen LogP contribution in [-0.4, -0.2) is 11.1 Å². The van der Waals surface area contributed by atoms with Crippen LogP contribution >= 0.6 is 11.8 Å². The molecule has 2 nitrogen and oxygen atoms in total. The van der Waals surface area contributed by atoms with Crippen molar-refractivity contribution in [2.75, 3.05) is 0 Å². The highest BCUT2D eigenvalue weighted by atomic mass is 32.2. The minimum atomic E-state index is -0.865. The maximum atomic E-state index is 11.6. The number of carboxylic acids is 1. The smallest absolute Gasteiger partial charge is 0.336 e. The Labute approximate surface area is 127 Å². The van der Waals surface area contributed by atoms with Crippen molar-refractivity contribution >= 4 is 28.5 Å². The fraction of sp³-hybridized carbons (Fsp3) is 0.0556. The molecule has 21 heavy (non-hydrogen) atoms. The topological polar surface area (TPSA) is 37.3 Å².